The average Bonchev–Trinajstić information content (AvgIpc) is 3.08. The standard InChI is InChI=1S/C33H66N10O8/c1-21(2)19-26(31(48)39-23(12-4-8-16-35)29(46)41-25(33(50)51)14-6-10-18-37)42-30(47)24(13-5-9-17-36)40-32(49)27(20-44)43-28(45)22(38)11-3-7-15-34/h21-27,44H,3-20,34-38H2,1-2H3,(H,39,48)(H,40,49)(H,41,46)(H,42,47)(H,43,45)(H,50,51)/t22-,23-,24-,25-,26-,27-/m0/s1. The molecule has 296 valence electrons. The number of hydrogen-bond acceptors (Lipinski definition) is 12. The Morgan fingerprint density at radius 3 is 1.22 bits per heavy atom. The summed E-state index contributed by atoms with van der Waals surface area (Å²) in [7, 11) is 0. The van der Waals surface area contributed by atoms with Gasteiger partial charge in [0.05, 0.1) is 12.6 Å². The van der Waals surface area contributed by atoms with E-state index in [0.29, 0.717) is 84.0 Å². The second-order valence-corrected chi connectivity index (χ2v) is 13.2. The lowest BCUT2D eigenvalue weighted by molar-refractivity contribution is -0.142. The summed E-state index contributed by atoms with van der Waals surface area (Å²) in [5.74, 6) is -4.82. The van der Waals surface area contributed by atoms with Crippen molar-refractivity contribution >= 4 is 35.5 Å². The highest BCUT2D eigenvalue weighted by atomic mass is 16.4. The molecule has 0 aromatic heterocycles. The Bertz CT molecular complexity index is 1050. The van der Waals surface area contributed by atoms with Gasteiger partial charge in [0.2, 0.25) is 29.5 Å². The molecular weight excluding hydrogens is 664 g/mol. The van der Waals surface area contributed by atoms with Crippen LogP contribution < -0.4 is 55.3 Å². The molecule has 17 N–H and O–H groups in total. The predicted molar refractivity (Wildman–Crippen MR) is 193 cm³/mol. The summed E-state index contributed by atoms with van der Waals surface area (Å²) < 4.78 is 0. The van der Waals surface area contributed by atoms with E-state index < -0.39 is 78.4 Å². The van der Waals surface area contributed by atoms with Gasteiger partial charge in [-0.05, 0) is 109 Å². The summed E-state index contributed by atoms with van der Waals surface area (Å²) in [4.78, 5) is 78.2. The third-order valence-electron chi connectivity index (χ3n) is 8.18. The average molecular weight is 731 g/mol. The molecule has 6 atom stereocenters. The zero-order valence-electron chi connectivity index (χ0n) is 30.5. The Morgan fingerprint density at radius 2 is 0.824 bits per heavy atom. The van der Waals surface area contributed by atoms with Crippen LogP contribution in [0, 0.1) is 5.92 Å². The molecule has 18 nitrogen and oxygen atoms in total. The van der Waals surface area contributed by atoms with Crippen LogP contribution in [0.25, 0.3) is 0 Å². The molecule has 0 aliphatic heterocycles. The molecule has 0 heterocycles. The van der Waals surface area contributed by atoms with Gasteiger partial charge in [0, 0.05) is 0 Å². The third-order valence-corrected chi connectivity index (χ3v) is 8.18. The van der Waals surface area contributed by atoms with Crippen LogP contribution in [0.15, 0.2) is 0 Å². The van der Waals surface area contributed by atoms with Crippen LogP contribution in [0.3, 0.4) is 0 Å². The zero-order chi connectivity index (χ0) is 38.8. The molecule has 0 aliphatic rings. The predicted octanol–water partition coefficient (Wildman–Crippen LogP) is -2.62. The van der Waals surface area contributed by atoms with Crippen LogP contribution in [0.5, 0.6) is 0 Å². The number of carbonyl (C=O) groups excluding carboxylic acids is 5. The van der Waals surface area contributed by atoms with Crippen LogP contribution >= 0.6 is 0 Å². The number of carboxylic acids is 1. The minimum Gasteiger partial charge on any atom is -0.480 e. The maximum Gasteiger partial charge on any atom is 0.326 e. The minimum absolute atomic E-state index is 0.0853. The second-order valence-electron chi connectivity index (χ2n) is 13.2. The van der Waals surface area contributed by atoms with E-state index in [0.717, 1.165) is 0 Å². The number of aliphatic hydroxyl groups excluding tert-OH is 1. The molecule has 5 amide bonds. The fourth-order valence-corrected chi connectivity index (χ4v) is 5.18. The van der Waals surface area contributed by atoms with Gasteiger partial charge < -0.3 is 65.5 Å². The van der Waals surface area contributed by atoms with Crippen LogP contribution in [0.1, 0.15) is 97.3 Å². The fraction of sp³-hybridized carbons (Fsp3) is 0.818. The van der Waals surface area contributed by atoms with E-state index in [4.69, 9.17) is 28.7 Å². The number of nitrogens with two attached hydrogens (primary N) is 5. The Balaban J connectivity index is 5.98. The Morgan fingerprint density at radius 1 is 0.490 bits per heavy atom. The van der Waals surface area contributed by atoms with Gasteiger partial charge in [0.1, 0.15) is 30.2 Å². The minimum atomic E-state index is -1.39. The summed E-state index contributed by atoms with van der Waals surface area (Å²) in [5.41, 5.74) is 28.2. The first kappa shape index (κ1) is 47.6. The number of amides is 5. The van der Waals surface area contributed by atoms with E-state index >= 15 is 0 Å². The molecule has 0 aromatic carbocycles. The molecular formula is C33H66N10O8. The molecule has 0 fully saturated rings. The summed E-state index contributed by atoms with van der Waals surface area (Å²) in [6, 6.07) is -6.90. The summed E-state index contributed by atoms with van der Waals surface area (Å²) in [5, 5.41) is 32.4. The lowest BCUT2D eigenvalue weighted by Crippen LogP contribution is -2.60. The number of rotatable bonds is 30. The molecule has 0 saturated carbocycles. The molecule has 0 unspecified atom stereocenters. The first-order valence-corrected chi connectivity index (χ1v) is 18.2. The fourth-order valence-electron chi connectivity index (χ4n) is 5.18. The van der Waals surface area contributed by atoms with Crippen molar-refractivity contribution in [2.24, 2.45) is 34.6 Å². The van der Waals surface area contributed by atoms with Crippen molar-refractivity contribution in [3.05, 3.63) is 0 Å². The molecule has 0 spiro atoms. The van der Waals surface area contributed by atoms with E-state index in [1.807, 2.05) is 13.8 Å². The zero-order valence-corrected chi connectivity index (χ0v) is 30.5. The van der Waals surface area contributed by atoms with Crippen molar-refractivity contribution < 1.29 is 39.0 Å². The Hall–Kier alpha value is -3.42. The highest BCUT2D eigenvalue weighted by molar-refractivity contribution is 5.96. The van der Waals surface area contributed by atoms with E-state index in [1.165, 1.54) is 0 Å². The van der Waals surface area contributed by atoms with Gasteiger partial charge in [-0.3, -0.25) is 24.0 Å². The molecule has 0 rings (SSSR count). The largest absolute Gasteiger partial charge is 0.480 e. The first-order valence-electron chi connectivity index (χ1n) is 18.2. The number of carbonyl (C=O) groups is 6. The molecule has 0 bridgehead atoms. The van der Waals surface area contributed by atoms with Crippen LogP contribution in [0.4, 0.5) is 0 Å². The number of carboxylic acid groups (broad SMARTS) is 1. The number of hydrogen-bond donors (Lipinski definition) is 12. The smallest absolute Gasteiger partial charge is 0.326 e. The number of aliphatic hydroxyl groups is 1. The van der Waals surface area contributed by atoms with Gasteiger partial charge in [-0.15, -0.1) is 0 Å². The van der Waals surface area contributed by atoms with Crippen molar-refractivity contribution in [1.29, 1.82) is 0 Å². The van der Waals surface area contributed by atoms with E-state index in [2.05, 4.69) is 26.6 Å². The monoisotopic (exact) mass is 731 g/mol. The van der Waals surface area contributed by atoms with Crippen molar-refractivity contribution in [3.63, 3.8) is 0 Å². The topological polar surface area (TPSA) is 333 Å². The Labute approximate surface area is 301 Å². The maximum absolute atomic E-state index is 13.7. The molecule has 51 heavy (non-hydrogen) atoms. The van der Waals surface area contributed by atoms with Gasteiger partial charge in [-0.2, -0.15) is 0 Å². The quantitative estimate of drug-likeness (QED) is 0.0337. The molecule has 0 aliphatic carbocycles. The van der Waals surface area contributed by atoms with Crippen LogP contribution in [-0.2, 0) is 28.8 Å². The molecule has 0 radical (unpaired) electrons. The maximum atomic E-state index is 13.7. The lowest BCUT2D eigenvalue weighted by Gasteiger charge is -2.27. The van der Waals surface area contributed by atoms with E-state index in [1.54, 1.807) is 0 Å². The first-order chi connectivity index (χ1) is 24.2. The lowest BCUT2D eigenvalue weighted by atomic mass is 10.0. The van der Waals surface area contributed by atoms with Crippen molar-refractivity contribution in [2.75, 3.05) is 32.8 Å². The van der Waals surface area contributed by atoms with Crippen LogP contribution in [0.2, 0.25) is 0 Å². The third kappa shape index (κ3) is 20.9. The number of nitrogens with one attached hydrogen (secondary N) is 5. The van der Waals surface area contributed by atoms with Gasteiger partial charge in [0.15, 0.2) is 0 Å². The van der Waals surface area contributed by atoms with E-state index in [9.17, 15) is 39.0 Å². The van der Waals surface area contributed by atoms with Crippen molar-refractivity contribution in [2.45, 2.75) is 134 Å². The van der Waals surface area contributed by atoms with Gasteiger partial charge >= 0.3 is 5.97 Å². The van der Waals surface area contributed by atoms with Crippen molar-refractivity contribution in [3.8, 4) is 0 Å². The second kappa shape index (κ2) is 28.2. The SMILES string of the molecule is CC(C)C[C@H](NC(=O)[C@H](CCCCN)NC(=O)[C@H](CO)NC(=O)[C@@H](N)CCCCN)C(=O)N[C@@H](CCCCN)C(=O)N[C@@H](CCCCN)C(=O)O. The number of aliphatic carboxylic acids is 1. The summed E-state index contributed by atoms with van der Waals surface area (Å²) in [6.07, 6.45) is 5.33. The Kier molecular flexibility index (Phi) is 26.3. The molecule has 0 aromatic rings. The van der Waals surface area contributed by atoms with E-state index in [-0.39, 0.29) is 31.6 Å². The highest BCUT2D eigenvalue weighted by Gasteiger charge is 2.33. The molecule has 0 saturated heterocycles. The van der Waals surface area contributed by atoms with Crippen molar-refractivity contribution in [1.82, 2.24) is 26.6 Å². The summed E-state index contributed by atoms with van der Waals surface area (Å²) in [6.45, 7) is 4.43. The van der Waals surface area contributed by atoms with Gasteiger partial charge in [-0.25, -0.2) is 4.79 Å². The van der Waals surface area contributed by atoms with Crippen LogP contribution in [-0.4, -0.2) is 115 Å². The molecule has 18 heteroatoms. The number of unbranched alkanes of at least 4 members (excludes halogenated alkanes) is 4. The normalized spacial score (nSPS) is 14.8. The summed E-state index contributed by atoms with van der Waals surface area (Å²) >= 11 is 0. The highest BCUT2D eigenvalue weighted by Crippen LogP contribution is 2.11. The van der Waals surface area contributed by atoms with Gasteiger partial charge in [0.25, 0.3) is 0 Å². The van der Waals surface area contributed by atoms with Gasteiger partial charge in [-0.1, -0.05) is 20.3 Å².